The minimum atomic E-state index is -0.238. The number of carbonyl (C=O) groups excluding carboxylic acids is 1. The lowest BCUT2D eigenvalue weighted by atomic mass is 10.3. The molecule has 8 heteroatoms. The molecule has 0 radical (unpaired) electrons. The molecular formula is C14H16BrN5O2. The fourth-order valence-corrected chi connectivity index (χ4v) is 2.19. The van der Waals surface area contributed by atoms with Gasteiger partial charge < -0.3 is 10.6 Å². The zero-order chi connectivity index (χ0) is 16.1. The lowest BCUT2D eigenvalue weighted by Gasteiger charge is -2.09. The molecule has 0 saturated carbocycles. The van der Waals surface area contributed by atoms with Crippen LogP contribution in [0.3, 0.4) is 0 Å². The number of anilines is 2. The average molecular weight is 366 g/mol. The predicted molar refractivity (Wildman–Crippen MR) is 87.9 cm³/mol. The second-order valence-corrected chi connectivity index (χ2v) is 5.54. The number of halogens is 1. The van der Waals surface area contributed by atoms with Crippen molar-refractivity contribution in [3.8, 4) is 0 Å². The molecule has 0 saturated heterocycles. The third kappa shape index (κ3) is 4.14. The van der Waals surface area contributed by atoms with Crippen molar-refractivity contribution in [2.24, 2.45) is 7.05 Å². The highest BCUT2D eigenvalue weighted by molar-refractivity contribution is 9.10. The van der Waals surface area contributed by atoms with Crippen molar-refractivity contribution in [3.63, 3.8) is 0 Å². The number of nitrogens with zero attached hydrogens (tertiary/aromatic N) is 3. The Morgan fingerprint density at radius 1 is 1.36 bits per heavy atom. The summed E-state index contributed by atoms with van der Waals surface area (Å²) in [6.07, 6.45) is 3.47. The van der Waals surface area contributed by atoms with E-state index in [1.807, 2.05) is 13.0 Å². The Balaban J connectivity index is 1.86. The maximum atomic E-state index is 11.8. The highest BCUT2D eigenvalue weighted by Gasteiger charge is 2.08. The van der Waals surface area contributed by atoms with E-state index >= 15 is 0 Å². The van der Waals surface area contributed by atoms with Gasteiger partial charge in [0.1, 0.15) is 10.3 Å². The second-order valence-electron chi connectivity index (χ2n) is 4.75. The van der Waals surface area contributed by atoms with Crippen LogP contribution in [0.1, 0.15) is 12.0 Å². The van der Waals surface area contributed by atoms with Crippen LogP contribution < -0.4 is 16.2 Å². The maximum Gasteiger partial charge on any atom is 0.282 e. The molecule has 1 amide bonds. The van der Waals surface area contributed by atoms with Crippen LogP contribution in [0.25, 0.3) is 0 Å². The van der Waals surface area contributed by atoms with Crippen LogP contribution in [0.2, 0.25) is 0 Å². The van der Waals surface area contributed by atoms with Crippen LogP contribution in [0.5, 0.6) is 0 Å². The summed E-state index contributed by atoms with van der Waals surface area (Å²) in [6.45, 7) is 2.31. The summed E-state index contributed by atoms with van der Waals surface area (Å²) < 4.78 is 1.62. The summed E-state index contributed by atoms with van der Waals surface area (Å²) in [5.41, 5.74) is 1.35. The molecule has 2 aromatic rings. The zero-order valence-electron chi connectivity index (χ0n) is 12.3. The molecule has 0 bridgehead atoms. The third-order valence-electron chi connectivity index (χ3n) is 2.92. The number of hydrogen-bond donors (Lipinski definition) is 2. The Morgan fingerprint density at radius 3 is 2.82 bits per heavy atom. The lowest BCUT2D eigenvalue weighted by Crippen LogP contribution is -2.22. The number of carbonyl (C=O) groups is 1. The molecular weight excluding hydrogens is 350 g/mol. The van der Waals surface area contributed by atoms with Gasteiger partial charge in [0.15, 0.2) is 0 Å². The molecule has 116 valence electrons. The molecule has 2 heterocycles. The van der Waals surface area contributed by atoms with Gasteiger partial charge in [-0.05, 0) is 34.5 Å². The Labute approximate surface area is 135 Å². The van der Waals surface area contributed by atoms with Gasteiger partial charge in [-0.15, -0.1) is 0 Å². The summed E-state index contributed by atoms with van der Waals surface area (Å²) >= 11 is 3.21. The minimum absolute atomic E-state index is 0.156. The van der Waals surface area contributed by atoms with Crippen molar-refractivity contribution >= 4 is 33.3 Å². The molecule has 0 aromatic carbocycles. The predicted octanol–water partition coefficient (Wildman–Crippen LogP) is 1.69. The van der Waals surface area contributed by atoms with E-state index in [0.717, 1.165) is 5.56 Å². The van der Waals surface area contributed by atoms with Gasteiger partial charge in [-0.25, -0.2) is 9.67 Å². The van der Waals surface area contributed by atoms with E-state index in [9.17, 15) is 9.59 Å². The molecule has 22 heavy (non-hydrogen) atoms. The first-order chi connectivity index (χ1) is 10.5. The molecule has 0 unspecified atom stereocenters. The first-order valence-corrected chi connectivity index (χ1v) is 7.45. The van der Waals surface area contributed by atoms with Gasteiger partial charge in [0.2, 0.25) is 5.91 Å². The number of nitrogens with one attached hydrogen (secondary N) is 2. The SMILES string of the molecule is Cc1ccc(NC(=O)CCNc2cnn(C)c(=O)c2Br)nc1. The summed E-state index contributed by atoms with van der Waals surface area (Å²) in [4.78, 5) is 27.6. The smallest absolute Gasteiger partial charge is 0.282 e. The van der Waals surface area contributed by atoms with Crippen molar-refractivity contribution in [2.75, 3.05) is 17.2 Å². The van der Waals surface area contributed by atoms with Crippen molar-refractivity contribution in [1.29, 1.82) is 0 Å². The number of amides is 1. The van der Waals surface area contributed by atoms with E-state index in [1.165, 1.54) is 10.9 Å². The Morgan fingerprint density at radius 2 is 2.14 bits per heavy atom. The monoisotopic (exact) mass is 365 g/mol. The van der Waals surface area contributed by atoms with Gasteiger partial charge in [-0.2, -0.15) is 5.10 Å². The Hall–Kier alpha value is -2.22. The van der Waals surface area contributed by atoms with Crippen LogP contribution >= 0.6 is 15.9 Å². The normalized spacial score (nSPS) is 10.3. The molecule has 0 atom stereocenters. The lowest BCUT2D eigenvalue weighted by molar-refractivity contribution is -0.116. The van der Waals surface area contributed by atoms with E-state index in [2.05, 4.69) is 36.6 Å². The molecule has 0 aliphatic rings. The maximum absolute atomic E-state index is 11.8. The zero-order valence-corrected chi connectivity index (χ0v) is 13.8. The fourth-order valence-electron chi connectivity index (χ4n) is 1.69. The van der Waals surface area contributed by atoms with E-state index in [0.29, 0.717) is 22.5 Å². The third-order valence-corrected chi connectivity index (χ3v) is 3.69. The van der Waals surface area contributed by atoms with Crippen LogP contribution in [0, 0.1) is 6.92 Å². The number of aromatic nitrogens is 3. The Kier molecular flexibility index (Phi) is 5.26. The van der Waals surface area contributed by atoms with Gasteiger partial charge in [-0.1, -0.05) is 6.07 Å². The summed E-state index contributed by atoms with van der Waals surface area (Å²) in [5.74, 6) is 0.365. The van der Waals surface area contributed by atoms with E-state index in [-0.39, 0.29) is 17.9 Å². The van der Waals surface area contributed by atoms with Crippen molar-refractivity contribution in [2.45, 2.75) is 13.3 Å². The van der Waals surface area contributed by atoms with E-state index in [1.54, 1.807) is 19.3 Å². The van der Waals surface area contributed by atoms with Crippen LogP contribution in [-0.2, 0) is 11.8 Å². The quantitative estimate of drug-likeness (QED) is 0.841. The summed E-state index contributed by atoms with van der Waals surface area (Å²) in [6, 6.07) is 3.63. The first-order valence-electron chi connectivity index (χ1n) is 6.65. The number of pyridine rings is 1. The second kappa shape index (κ2) is 7.17. The van der Waals surface area contributed by atoms with E-state index < -0.39 is 0 Å². The average Bonchev–Trinajstić information content (AvgIpc) is 2.49. The number of hydrogen-bond acceptors (Lipinski definition) is 5. The highest BCUT2D eigenvalue weighted by Crippen LogP contribution is 2.15. The van der Waals surface area contributed by atoms with Crippen molar-refractivity contribution in [1.82, 2.24) is 14.8 Å². The van der Waals surface area contributed by atoms with Gasteiger partial charge in [0.05, 0.1) is 11.9 Å². The molecule has 2 rings (SSSR count). The number of rotatable bonds is 5. The summed E-state index contributed by atoms with van der Waals surface area (Å²) in [5, 5.41) is 9.62. The molecule has 0 aliphatic heterocycles. The van der Waals surface area contributed by atoms with Gasteiger partial charge in [-0.3, -0.25) is 9.59 Å². The summed E-state index contributed by atoms with van der Waals surface area (Å²) in [7, 11) is 1.57. The number of aryl methyl sites for hydroxylation is 2. The van der Waals surface area contributed by atoms with Crippen molar-refractivity contribution < 1.29 is 4.79 Å². The molecule has 7 nitrogen and oxygen atoms in total. The fraction of sp³-hybridized carbons (Fsp3) is 0.286. The van der Waals surface area contributed by atoms with Gasteiger partial charge in [0, 0.05) is 26.2 Å². The van der Waals surface area contributed by atoms with Crippen molar-refractivity contribution in [3.05, 3.63) is 44.9 Å². The van der Waals surface area contributed by atoms with E-state index in [4.69, 9.17) is 0 Å². The Bertz CT molecular complexity index is 727. The molecule has 2 N–H and O–H groups in total. The van der Waals surface area contributed by atoms with Gasteiger partial charge >= 0.3 is 0 Å². The largest absolute Gasteiger partial charge is 0.382 e. The molecule has 0 aliphatic carbocycles. The molecule has 0 fully saturated rings. The molecule has 0 spiro atoms. The van der Waals surface area contributed by atoms with Gasteiger partial charge in [0.25, 0.3) is 5.56 Å². The van der Waals surface area contributed by atoms with Crippen LogP contribution in [0.4, 0.5) is 11.5 Å². The van der Waals surface area contributed by atoms with Crippen LogP contribution in [-0.4, -0.2) is 27.2 Å². The van der Waals surface area contributed by atoms with Crippen LogP contribution in [0.15, 0.2) is 33.8 Å². The molecule has 2 aromatic heterocycles. The first kappa shape index (κ1) is 16.2. The topological polar surface area (TPSA) is 88.9 Å². The highest BCUT2D eigenvalue weighted by atomic mass is 79.9. The minimum Gasteiger partial charge on any atom is -0.382 e. The standard InChI is InChI=1S/C14H16BrN5O2/c1-9-3-4-11(17-7-9)19-12(21)5-6-16-10-8-18-20(2)14(22)13(10)15/h3-4,7-8,16H,5-6H2,1-2H3,(H,17,19,21).